The van der Waals surface area contributed by atoms with Crippen LogP contribution in [0.4, 0.5) is 0 Å². The van der Waals surface area contributed by atoms with Gasteiger partial charge >= 0.3 is 0 Å². The number of rotatable bonds is 8. The molecule has 0 aromatic heterocycles. The number of ether oxygens (including phenoxy) is 2. The van der Waals surface area contributed by atoms with Crippen LogP contribution in [0.5, 0.6) is 0 Å². The van der Waals surface area contributed by atoms with Crippen LogP contribution in [0.1, 0.15) is 13.3 Å². The molecule has 0 bridgehead atoms. The lowest BCUT2D eigenvalue weighted by molar-refractivity contribution is -0.120. The van der Waals surface area contributed by atoms with Crippen molar-refractivity contribution in [1.82, 2.24) is 0 Å². The van der Waals surface area contributed by atoms with E-state index in [1.54, 1.807) is 18.2 Å². The third kappa shape index (κ3) is 5.56. The van der Waals surface area contributed by atoms with Gasteiger partial charge in [-0.25, -0.2) is 0 Å². The minimum atomic E-state index is -0.717. The quantitative estimate of drug-likeness (QED) is 0.370. The summed E-state index contributed by atoms with van der Waals surface area (Å²) >= 11 is 0. The molecule has 0 aliphatic carbocycles. The van der Waals surface area contributed by atoms with Gasteiger partial charge in [0.05, 0.1) is 13.2 Å². The summed E-state index contributed by atoms with van der Waals surface area (Å²) in [5.74, 6) is 0.0937. The molecule has 0 aliphatic heterocycles. The standard InChI is InChI=1S/C11H18O3/c1-4-7-10(12)11(13-8-5-2)14-9-6-3/h5-7,11-12H,2-4,8-9H2,1H3. The van der Waals surface area contributed by atoms with Crippen molar-refractivity contribution >= 4 is 0 Å². The number of hydrogen-bond acceptors (Lipinski definition) is 3. The minimum Gasteiger partial charge on any atom is -0.507 e. The fraction of sp³-hybridized carbons (Fsp3) is 0.455. The second kappa shape index (κ2) is 8.53. The van der Waals surface area contributed by atoms with E-state index >= 15 is 0 Å². The highest BCUT2D eigenvalue weighted by atomic mass is 16.7. The first kappa shape index (κ1) is 12.9. The maximum atomic E-state index is 9.50. The molecule has 0 rings (SSSR count). The van der Waals surface area contributed by atoms with E-state index < -0.39 is 6.29 Å². The number of hydrogen-bond donors (Lipinski definition) is 1. The van der Waals surface area contributed by atoms with Crippen molar-refractivity contribution in [2.24, 2.45) is 0 Å². The molecule has 0 saturated heterocycles. The molecule has 80 valence electrons. The summed E-state index contributed by atoms with van der Waals surface area (Å²) < 4.78 is 10.4. The van der Waals surface area contributed by atoms with Gasteiger partial charge in [0.2, 0.25) is 6.29 Å². The van der Waals surface area contributed by atoms with E-state index in [4.69, 9.17) is 9.47 Å². The molecule has 0 aromatic carbocycles. The molecule has 0 saturated carbocycles. The van der Waals surface area contributed by atoms with Crippen molar-refractivity contribution in [1.29, 1.82) is 0 Å². The maximum Gasteiger partial charge on any atom is 0.216 e. The molecule has 0 fully saturated rings. The average molecular weight is 198 g/mol. The van der Waals surface area contributed by atoms with Crippen LogP contribution < -0.4 is 0 Å². The third-order valence-corrected chi connectivity index (χ3v) is 1.39. The second-order valence-corrected chi connectivity index (χ2v) is 2.61. The molecule has 0 aliphatic rings. The van der Waals surface area contributed by atoms with Crippen molar-refractivity contribution in [3.63, 3.8) is 0 Å². The van der Waals surface area contributed by atoms with Crippen molar-refractivity contribution in [2.75, 3.05) is 13.2 Å². The Bertz CT molecular complexity index is 185. The predicted molar refractivity (Wildman–Crippen MR) is 57.1 cm³/mol. The molecule has 3 heteroatoms. The van der Waals surface area contributed by atoms with Crippen LogP contribution in [0, 0.1) is 0 Å². The van der Waals surface area contributed by atoms with E-state index in [9.17, 15) is 5.11 Å². The highest BCUT2D eigenvalue weighted by Gasteiger charge is 2.12. The summed E-state index contributed by atoms with van der Waals surface area (Å²) in [5.41, 5.74) is 0. The van der Waals surface area contributed by atoms with Gasteiger partial charge in [0.25, 0.3) is 0 Å². The topological polar surface area (TPSA) is 38.7 Å². The lowest BCUT2D eigenvalue weighted by Gasteiger charge is -2.16. The lowest BCUT2D eigenvalue weighted by Crippen LogP contribution is -2.20. The van der Waals surface area contributed by atoms with Gasteiger partial charge in [-0.1, -0.05) is 19.1 Å². The van der Waals surface area contributed by atoms with Gasteiger partial charge in [-0.05, 0) is 12.5 Å². The second-order valence-electron chi connectivity index (χ2n) is 2.61. The van der Waals surface area contributed by atoms with Crippen LogP contribution in [0.25, 0.3) is 0 Å². The van der Waals surface area contributed by atoms with E-state index in [0.29, 0.717) is 13.2 Å². The Kier molecular flexibility index (Phi) is 7.89. The Morgan fingerprint density at radius 3 is 2.14 bits per heavy atom. The summed E-state index contributed by atoms with van der Waals surface area (Å²) in [7, 11) is 0. The van der Waals surface area contributed by atoms with Crippen molar-refractivity contribution < 1.29 is 14.6 Å². The van der Waals surface area contributed by atoms with Crippen LogP contribution in [-0.4, -0.2) is 24.6 Å². The summed E-state index contributed by atoms with van der Waals surface area (Å²) in [5, 5.41) is 9.50. The zero-order chi connectivity index (χ0) is 10.8. The van der Waals surface area contributed by atoms with Crippen LogP contribution in [0.3, 0.4) is 0 Å². The van der Waals surface area contributed by atoms with E-state index in [1.807, 2.05) is 6.92 Å². The first-order valence-electron chi connectivity index (χ1n) is 4.60. The molecule has 0 heterocycles. The highest BCUT2D eigenvalue weighted by Crippen LogP contribution is 2.07. The Labute approximate surface area is 85.3 Å². The molecule has 0 spiro atoms. The fourth-order valence-electron chi connectivity index (χ4n) is 0.835. The molecule has 0 amide bonds. The fourth-order valence-corrected chi connectivity index (χ4v) is 0.835. The molecule has 0 radical (unpaired) electrons. The first-order valence-corrected chi connectivity index (χ1v) is 4.60. The van der Waals surface area contributed by atoms with Gasteiger partial charge in [0.1, 0.15) is 5.76 Å². The summed E-state index contributed by atoms with van der Waals surface area (Å²) in [6.07, 6.45) is 4.87. The maximum absolute atomic E-state index is 9.50. The van der Waals surface area contributed by atoms with E-state index in [1.165, 1.54) is 0 Å². The normalized spacial score (nSPS) is 11.7. The molecule has 0 unspecified atom stereocenters. The molecule has 3 nitrogen and oxygen atoms in total. The van der Waals surface area contributed by atoms with Gasteiger partial charge in [-0.3, -0.25) is 0 Å². The van der Waals surface area contributed by atoms with E-state index in [0.717, 1.165) is 6.42 Å². The average Bonchev–Trinajstić information content (AvgIpc) is 2.18. The molecule has 1 N–H and O–H groups in total. The SMILES string of the molecule is C=CCOC(OCC=C)C(O)=CCC. The van der Waals surface area contributed by atoms with Crippen LogP contribution in [0.2, 0.25) is 0 Å². The molecule has 14 heavy (non-hydrogen) atoms. The zero-order valence-electron chi connectivity index (χ0n) is 8.61. The smallest absolute Gasteiger partial charge is 0.216 e. The van der Waals surface area contributed by atoms with Gasteiger partial charge in [-0.15, -0.1) is 13.2 Å². The highest BCUT2D eigenvalue weighted by molar-refractivity contribution is 4.94. The summed E-state index contributed by atoms with van der Waals surface area (Å²) in [4.78, 5) is 0. The van der Waals surface area contributed by atoms with E-state index in [-0.39, 0.29) is 5.76 Å². The van der Waals surface area contributed by atoms with Crippen molar-refractivity contribution in [3.05, 3.63) is 37.1 Å². The monoisotopic (exact) mass is 198 g/mol. The van der Waals surface area contributed by atoms with Crippen LogP contribution in [0.15, 0.2) is 37.1 Å². The molecular weight excluding hydrogens is 180 g/mol. The van der Waals surface area contributed by atoms with Crippen molar-refractivity contribution in [2.45, 2.75) is 19.6 Å². The van der Waals surface area contributed by atoms with Crippen LogP contribution >= 0.6 is 0 Å². The predicted octanol–water partition coefficient (Wildman–Crippen LogP) is 2.57. The molecular formula is C11H18O3. The zero-order valence-corrected chi connectivity index (χ0v) is 8.61. The van der Waals surface area contributed by atoms with Crippen molar-refractivity contribution in [3.8, 4) is 0 Å². The lowest BCUT2D eigenvalue weighted by atomic mass is 10.3. The Balaban J connectivity index is 4.13. The number of allylic oxidation sites excluding steroid dienone is 1. The summed E-state index contributed by atoms with van der Waals surface area (Å²) in [6, 6.07) is 0. The van der Waals surface area contributed by atoms with E-state index in [2.05, 4.69) is 13.2 Å². The van der Waals surface area contributed by atoms with Gasteiger partial charge in [0, 0.05) is 0 Å². The Morgan fingerprint density at radius 2 is 1.79 bits per heavy atom. The Morgan fingerprint density at radius 1 is 1.29 bits per heavy atom. The summed E-state index contributed by atoms with van der Waals surface area (Å²) in [6.45, 7) is 9.63. The van der Waals surface area contributed by atoms with Crippen LogP contribution in [-0.2, 0) is 9.47 Å². The van der Waals surface area contributed by atoms with Gasteiger partial charge in [0.15, 0.2) is 0 Å². The molecule has 0 aromatic rings. The van der Waals surface area contributed by atoms with Gasteiger partial charge < -0.3 is 14.6 Å². The number of aliphatic hydroxyl groups excluding tert-OH is 1. The third-order valence-electron chi connectivity index (χ3n) is 1.39. The molecule has 0 atom stereocenters. The largest absolute Gasteiger partial charge is 0.507 e. The number of aliphatic hydroxyl groups is 1. The Hall–Kier alpha value is -1.06. The first-order chi connectivity index (χ1) is 6.76. The van der Waals surface area contributed by atoms with Gasteiger partial charge in [-0.2, -0.15) is 0 Å². The minimum absolute atomic E-state index is 0.0937.